The lowest BCUT2D eigenvalue weighted by atomic mass is 10.0. The number of methoxy groups -OCH3 is 1. The van der Waals surface area contributed by atoms with Crippen LogP contribution in [0.4, 0.5) is 5.69 Å². The molecule has 3 rings (SSSR count). The third-order valence-corrected chi connectivity index (χ3v) is 4.24. The smallest absolute Gasteiger partial charge is 0.313 e. The second kappa shape index (κ2) is 7.17. The van der Waals surface area contributed by atoms with E-state index in [4.69, 9.17) is 4.74 Å². The average molecular weight is 324 g/mol. The van der Waals surface area contributed by atoms with E-state index in [1.807, 2.05) is 30.3 Å². The number of nitrogens with one attached hydrogen (secondary N) is 1. The maximum Gasteiger partial charge on any atom is 0.313 e. The first kappa shape index (κ1) is 16.1. The normalized spacial score (nSPS) is 16.7. The first-order chi connectivity index (χ1) is 11.7. The zero-order chi connectivity index (χ0) is 16.9. The van der Waals surface area contributed by atoms with Gasteiger partial charge in [0.2, 0.25) is 0 Å². The van der Waals surface area contributed by atoms with Gasteiger partial charge in [0.1, 0.15) is 5.75 Å². The van der Waals surface area contributed by atoms with E-state index < -0.39 is 11.8 Å². The molecule has 2 amide bonds. The average Bonchev–Trinajstić information content (AvgIpc) is 3.12. The first-order valence-corrected chi connectivity index (χ1v) is 8.00. The van der Waals surface area contributed by atoms with Gasteiger partial charge in [0.25, 0.3) is 0 Å². The Bertz CT molecular complexity index is 713. The number of likely N-dealkylation sites (tertiary alicyclic amines) is 1. The van der Waals surface area contributed by atoms with Crippen LogP contribution in [0, 0.1) is 0 Å². The standard InChI is InChI=1S/C19H20N2O3/c1-24-16-11-9-15(10-12-16)20-18(22)19(23)21-13-5-8-17(21)14-6-3-2-4-7-14/h2-4,6-7,9-12,17H,5,8,13H2,1H3,(H,20,22). The van der Waals surface area contributed by atoms with Crippen LogP contribution >= 0.6 is 0 Å². The fraction of sp³-hybridized carbons (Fsp3) is 0.263. The monoisotopic (exact) mass is 324 g/mol. The molecule has 0 aliphatic carbocycles. The van der Waals surface area contributed by atoms with E-state index in [2.05, 4.69) is 5.32 Å². The maximum absolute atomic E-state index is 12.5. The minimum Gasteiger partial charge on any atom is -0.497 e. The Balaban J connectivity index is 1.69. The zero-order valence-corrected chi connectivity index (χ0v) is 13.6. The van der Waals surface area contributed by atoms with Crippen molar-refractivity contribution < 1.29 is 14.3 Å². The van der Waals surface area contributed by atoms with Crippen molar-refractivity contribution in [1.29, 1.82) is 0 Å². The van der Waals surface area contributed by atoms with Gasteiger partial charge in [-0.25, -0.2) is 0 Å². The summed E-state index contributed by atoms with van der Waals surface area (Å²) in [5, 5.41) is 2.66. The Morgan fingerprint density at radius 1 is 1.08 bits per heavy atom. The second-order valence-electron chi connectivity index (χ2n) is 5.75. The van der Waals surface area contributed by atoms with Crippen molar-refractivity contribution in [3.8, 4) is 5.75 Å². The number of benzene rings is 2. The van der Waals surface area contributed by atoms with E-state index in [0.29, 0.717) is 18.0 Å². The van der Waals surface area contributed by atoms with Crippen LogP contribution in [-0.2, 0) is 9.59 Å². The van der Waals surface area contributed by atoms with E-state index in [1.54, 1.807) is 36.3 Å². The summed E-state index contributed by atoms with van der Waals surface area (Å²) < 4.78 is 5.08. The fourth-order valence-corrected chi connectivity index (χ4v) is 3.02. The van der Waals surface area contributed by atoms with Gasteiger partial charge in [-0.05, 0) is 42.7 Å². The number of carbonyl (C=O) groups is 2. The van der Waals surface area contributed by atoms with Gasteiger partial charge in [-0.15, -0.1) is 0 Å². The SMILES string of the molecule is COc1ccc(NC(=O)C(=O)N2CCCC2c2ccccc2)cc1. The lowest BCUT2D eigenvalue weighted by molar-refractivity contribution is -0.143. The summed E-state index contributed by atoms with van der Waals surface area (Å²) in [6.07, 6.45) is 1.78. The molecule has 1 heterocycles. The number of hydrogen-bond donors (Lipinski definition) is 1. The number of anilines is 1. The second-order valence-corrected chi connectivity index (χ2v) is 5.75. The largest absolute Gasteiger partial charge is 0.497 e. The number of nitrogens with zero attached hydrogens (tertiary/aromatic N) is 1. The highest BCUT2D eigenvalue weighted by molar-refractivity contribution is 6.39. The van der Waals surface area contributed by atoms with E-state index >= 15 is 0 Å². The number of rotatable bonds is 3. The van der Waals surface area contributed by atoms with Gasteiger partial charge in [0, 0.05) is 12.2 Å². The molecule has 1 N–H and O–H groups in total. The molecular weight excluding hydrogens is 304 g/mol. The maximum atomic E-state index is 12.5. The van der Waals surface area contributed by atoms with Gasteiger partial charge in [-0.1, -0.05) is 30.3 Å². The summed E-state index contributed by atoms with van der Waals surface area (Å²) in [5.74, 6) is -0.400. The summed E-state index contributed by atoms with van der Waals surface area (Å²) in [6, 6.07) is 16.7. The molecule has 0 aromatic heterocycles. The Labute approximate surface area is 141 Å². The van der Waals surface area contributed by atoms with Gasteiger partial charge in [0.05, 0.1) is 13.2 Å². The quantitative estimate of drug-likeness (QED) is 0.883. The van der Waals surface area contributed by atoms with Crippen LogP contribution in [-0.4, -0.2) is 30.4 Å². The molecule has 1 saturated heterocycles. The van der Waals surface area contributed by atoms with Gasteiger partial charge >= 0.3 is 11.8 Å². The Morgan fingerprint density at radius 3 is 2.46 bits per heavy atom. The molecule has 5 heteroatoms. The molecule has 0 bridgehead atoms. The van der Waals surface area contributed by atoms with Gasteiger partial charge in [0.15, 0.2) is 0 Å². The van der Waals surface area contributed by atoms with Crippen molar-refractivity contribution in [3.63, 3.8) is 0 Å². The predicted molar refractivity (Wildman–Crippen MR) is 91.8 cm³/mol. The molecule has 1 aliphatic rings. The van der Waals surface area contributed by atoms with Crippen LogP contribution < -0.4 is 10.1 Å². The molecule has 1 atom stereocenters. The van der Waals surface area contributed by atoms with Crippen LogP contribution in [0.3, 0.4) is 0 Å². The number of hydrogen-bond acceptors (Lipinski definition) is 3. The van der Waals surface area contributed by atoms with Crippen molar-refractivity contribution >= 4 is 17.5 Å². The molecular formula is C19H20N2O3. The molecule has 0 saturated carbocycles. The number of carbonyl (C=O) groups excluding carboxylic acids is 2. The van der Waals surface area contributed by atoms with Crippen LogP contribution in [0.2, 0.25) is 0 Å². The highest BCUT2D eigenvalue weighted by atomic mass is 16.5. The molecule has 2 aromatic carbocycles. The van der Waals surface area contributed by atoms with E-state index in [1.165, 1.54) is 0 Å². The number of amides is 2. The van der Waals surface area contributed by atoms with Crippen LogP contribution in [0.1, 0.15) is 24.4 Å². The molecule has 0 spiro atoms. The minimum absolute atomic E-state index is 0.0275. The molecule has 1 aliphatic heterocycles. The summed E-state index contributed by atoms with van der Waals surface area (Å²) in [5.41, 5.74) is 1.64. The van der Waals surface area contributed by atoms with Crippen LogP contribution in [0.5, 0.6) is 5.75 Å². The molecule has 1 fully saturated rings. The van der Waals surface area contributed by atoms with E-state index in [9.17, 15) is 9.59 Å². The summed E-state index contributed by atoms with van der Waals surface area (Å²) in [6.45, 7) is 0.606. The molecule has 24 heavy (non-hydrogen) atoms. The van der Waals surface area contributed by atoms with Crippen molar-refractivity contribution in [2.45, 2.75) is 18.9 Å². The fourth-order valence-electron chi connectivity index (χ4n) is 3.02. The molecule has 2 aromatic rings. The molecule has 0 radical (unpaired) electrons. The Kier molecular flexibility index (Phi) is 4.79. The third kappa shape index (κ3) is 3.40. The predicted octanol–water partition coefficient (Wildman–Crippen LogP) is 3.00. The van der Waals surface area contributed by atoms with Crippen LogP contribution in [0.15, 0.2) is 54.6 Å². The van der Waals surface area contributed by atoms with Crippen molar-refractivity contribution in [1.82, 2.24) is 4.90 Å². The lowest BCUT2D eigenvalue weighted by Gasteiger charge is -2.24. The topological polar surface area (TPSA) is 58.6 Å². The van der Waals surface area contributed by atoms with E-state index in [0.717, 1.165) is 18.4 Å². The van der Waals surface area contributed by atoms with Gasteiger partial charge < -0.3 is 15.0 Å². The van der Waals surface area contributed by atoms with Crippen molar-refractivity contribution in [2.24, 2.45) is 0 Å². The summed E-state index contributed by atoms with van der Waals surface area (Å²) in [4.78, 5) is 26.5. The van der Waals surface area contributed by atoms with Crippen molar-refractivity contribution in [2.75, 3.05) is 19.0 Å². The Morgan fingerprint density at radius 2 is 1.79 bits per heavy atom. The zero-order valence-electron chi connectivity index (χ0n) is 13.6. The summed E-state index contributed by atoms with van der Waals surface area (Å²) in [7, 11) is 1.58. The lowest BCUT2D eigenvalue weighted by Crippen LogP contribution is -2.39. The van der Waals surface area contributed by atoms with E-state index in [-0.39, 0.29) is 6.04 Å². The first-order valence-electron chi connectivity index (χ1n) is 8.00. The van der Waals surface area contributed by atoms with Crippen LogP contribution in [0.25, 0.3) is 0 Å². The Hall–Kier alpha value is -2.82. The van der Waals surface area contributed by atoms with Crippen molar-refractivity contribution in [3.05, 3.63) is 60.2 Å². The highest BCUT2D eigenvalue weighted by Gasteiger charge is 2.33. The molecule has 124 valence electrons. The molecule has 5 nitrogen and oxygen atoms in total. The van der Waals surface area contributed by atoms with Gasteiger partial charge in [-0.2, -0.15) is 0 Å². The minimum atomic E-state index is -0.608. The highest BCUT2D eigenvalue weighted by Crippen LogP contribution is 2.31. The number of ether oxygens (including phenoxy) is 1. The third-order valence-electron chi connectivity index (χ3n) is 4.24. The molecule has 1 unspecified atom stereocenters. The van der Waals surface area contributed by atoms with Gasteiger partial charge in [-0.3, -0.25) is 9.59 Å². The summed E-state index contributed by atoms with van der Waals surface area (Å²) >= 11 is 0.